The Kier molecular flexibility index (Phi) is 5.66. The van der Waals surface area contributed by atoms with Crippen molar-refractivity contribution in [3.8, 4) is 0 Å². The van der Waals surface area contributed by atoms with Gasteiger partial charge in [0.25, 0.3) is 0 Å². The van der Waals surface area contributed by atoms with Crippen LogP contribution in [0.25, 0.3) is 0 Å². The molecule has 0 bridgehead atoms. The Hall–Kier alpha value is -2.01. The van der Waals surface area contributed by atoms with E-state index in [2.05, 4.69) is 29.2 Å². The number of amides is 1. The molecule has 0 aliphatic heterocycles. The van der Waals surface area contributed by atoms with Crippen LogP contribution in [0.2, 0.25) is 5.02 Å². The van der Waals surface area contributed by atoms with Crippen molar-refractivity contribution in [1.29, 1.82) is 0 Å². The number of hydrogen-bond donors (Lipinski definition) is 1. The van der Waals surface area contributed by atoms with Crippen molar-refractivity contribution < 1.29 is 4.79 Å². The summed E-state index contributed by atoms with van der Waals surface area (Å²) in [4.78, 5) is 14.6. The van der Waals surface area contributed by atoms with Crippen molar-refractivity contribution in [2.75, 3.05) is 23.3 Å². The minimum Gasteiger partial charge on any atom is -0.372 e. The molecule has 5 nitrogen and oxygen atoms in total. The number of anilines is 2. The molecular formula is C17H23ClN4O. The fraction of sp³-hybridized carbons (Fsp3) is 0.412. The van der Waals surface area contributed by atoms with Gasteiger partial charge in [0.1, 0.15) is 6.04 Å². The van der Waals surface area contributed by atoms with E-state index in [4.69, 9.17) is 11.6 Å². The molecule has 0 aliphatic carbocycles. The van der Waals surface area contributed by atoms with E-state index in [-0.39, 0.29) is 5.91 Å². The van der Waals surface area contributed by atoms with Gasteiger partial charge in [-0.1, -0.05) is 11.6 Å². The lowest BCUT2D eigenvalue weighted by Gasteiger charge is -2.21. The third-order valence-electron chi connectivity index (χ3n) is 3.99. The topological polar surface area (TPSA) is 50.2 Å². The van der Waals surface area contributed by atoms with Gasteiger partial charge in [-0.15, -0.1) is 0 Å². The zero-order valence-corrected chi connectivity index (χ0v) is 14.8. The number of hydrogen-bond acceptors (Lipinski definition) is 3. The van der Waals surface area contributed by atoms with Crippen molar-refractivity contribution >= 4 is 28.9 Å². The summed E-state index contributed by atoms with van der Waals surface area (Å²) in [6.45, 7) is 9.81. The SMILES string of the molecule is CCN(CC)c1ccc(NC(=O)C(C)n2ncc(Cl)c2C)cc1. The number of carbonyl (C=O) groups excluding carboxylic acids is 1. The second kappa shape index (κ2) is 7.51. The molecule has 0 aliphatic rings. The van der Waals surface area contributed by atoms with Gasteiger partial charge in [-0.3, -0.25) is 9.48 Å². The van der Waals surface area contributed by atoms with Gasteiger partial charge in [0, 0.05) is 24.5 Å². The molecule has 1 unspecified atom stereocenters. The highest BCUT2D eigenvalue weighted by molar-refractivity contribution is 6.31. The molecule has 1 aromatic carbocycles. The number of aromatic nitrogens is 2. The predicted molar refractivity (Wildman–Crippen MR) is 95.3 cm³/mol. The molecule has 1 aromatic heterocycles. The quantitative estimate of drug-likeness (QED) is 0.871. The lowest BCUT2D eigenvalue weighted by molar-refractivity contribution is -0.119. The number of carbonyl (C=O) groups is 1. The van der Waals surface area contributed by atoms with E-state index in [1.807, 2.05) is 31.2 Å². The van der Waals surface area contributed by atoms with Gasteiger partial charge < -0.3 is 10.2 Å². The van der Waals surface area contributed by atoms with E-state index in [1.165, 1.54) is 0 Å². The number of benzene rings is 1. The van der Waals surface area contributed by atoms with Crippen molar-refractivity contribution in [2.24, 2.45) is 0 Å². The largest absolute Gasteiger partial charge is 0.372 e. The van der Waals surface area contributed by atoms with E-state index in [0.29, 0.717) is 5.02 Å². The van der Waals surface area contributed by atoms with Crippen LogP contribution >= 0.6 is 11.6 Å². The lowest BCUT2D eigenvalue weighted by atomic mass is 10.2. The Bertz CT molecular complexity index is 662. The molecule has 0 radical (unpaired) electrons. The maximum absolute atomic E-state index is 12.4. The Morgan fingerprint density at radius 2 is 1.91 bits per heavy atom. The summed E-state index contributed by atoms with van der Waals surface area (Å²) in [6.07, 6.45) is 1.56. The number of rotatable bonds is 6. The fourth-order valence-electron chi connectivity index (χ4n) is 2.49. The molecule has 1 N–H and O–H groups in total. The molecule has 23 heavy (non-hydrogen) atoms. The van der Waals surface area contributed by atoms with Crippen LogP contribution < -0.4 is 10.2 Å². The molecule has 0 spiro atoms. The normalized spacial score (nSPS) is 12.0. The van der Waals surface area contributed by atoms with Gasteiger partial charge >= 0.3 is 0 Å². The zero-order valence-electron chi connectivity index (χ0n) is 14.0. The van der Waals surface area contributed by atoms with E-state index in [0.717, 1.165) is 30.2 Å². The smallest absolute Gasteiger partial charge is 0.248 e. The van der Waals surface area contributed by atoms with Gasteiger partial charge in [-0.25, -0.2) is 0 Å². The molecule has 1 heterocycles. The van der Waals surface area contributed by atoms with Crippen LogP contribution in [0.5, 0.6) is 0 Å². The van der Waals surface area contributed by atoms with Crippen molar-refractivity contribution in [1.82, 2.24) is 9.78 Å². The van der Waals surface area contributed by atoms with E-state index < -0.39 is 6.04 Å². The molecule has 0 saturated carbocycles. The van der Waals surface area contributed by atoms with Crippen molar-refractivity contribution in [3.05, 3.63) is 41.2 Å². The number of nitrogens with zero attached hydrogens (tertiary/aromatic N) is 3. The fourth-order valence-corrected chi connectivity index (χ4v) is 2.63. The molecule has 0 fully saturated rings. The van der Waals surface area contributed by atoms with E-state index in [1.54, 1.807) is 17.8 Å². The predicted octanol–water partition coefficient (Wildman–Crippen LogP) is 3.89. The summed E-state index contributed by atoms with van der Waals surface area (Å²) in [5.41, 5.74) is 2.70. The van der Waals surface area contributed by atoms with Crippen molar-refractivity contribution in [3.63, 3.8) is 0 Å². The summed E-state index contributed by atoms with van der Waals surface area (Å²) < 4.78 is 1.63. The van der Waals surface area contributed by atoms with E-state index in [9.17, 15) is 4.79 Å². The molecule has 0 saturated heterocycles. The lowest BCUT2D eigenvalue weighted by Crippen LogP contribution is -2.25. The van der Waals surface area contributed by atoms with Gasteiger partial charge in [-0.05, 0) is 52.0 Å². The highest BCUT2D eigenvalue weighted by atomic mass is 35.5. The highest BCUT2D eigenvalue weighted by Gasteiger charge is 2.18. The third-order valence-corrected chi connectivity index (χ3v) is 4.37. The first-order valence-electron chi connectivity index (χ1n) is 7.83. The Labute approximate surface area is 142 Å². The first kappa shape index (κ1) is 17.3. The minimum atomic E-state index is -0.426. The van der Waals surface area contributed by atoms with Crippen LogP contribution in [0.4, 0.5) is 11.4 Å². The standard InChI is InChI=1S/C17H23ClN4O/c1-5-21(6-2)15-9-7-14(8-10-15)20-17(23)13(4)22-12(3)16(18)11-19-22/h7-11,13H,5-6H2,1-4H3,(H,20,23). The molecule has 124 valence electrons. The van der Waals surface area contributed by atoms with Crippen LogP contribution in [0.1, 0.15) is 32.5 Å². The molecule has 1 amide bonds. The molecule has 2 rings (SSSR count). The van der Waals surface area contributed by atoms with E-state index >= 15 is 0 Å². The summed E-state index contributed by atoms with van der Waals surface area (Å²) in [6, 6.07) is 7.44. The Morgan fingerprint density at radius 3 is 2.39 bits per heavy atom. The first-order valence-corrected chi connectivity index (χ1v) is 8.21. The first-order chi connectivity index (χ1) is 11.0. The highest BCUT2D eigenvalue weighted by Crippen LogP contribution is 2.21. The average molecular weight is 335 g/mol. The minimum absolute atomic E-state index is 0.122. The van der Waals surface area contributed by atoms with Gasteiger partial charge in [0.15, 0.2) is 0 Å². The molecule has 2 aromatic rings. The summed E-state index contributed by atoms with van der Waals surface area (Å²) in [5.74, 6) is -0.122. The number of halogens is 1. The van der Waals surface area contributed by atoms with Gasteiger partial charge in [0.2, 0.25) is 5.91 Å². The van der Waals surface area contributed by atoms with Crippen LogP contribution in [-0.4, -0.2) is 28.8 Å². The summed E-state index contributed by atoms with van der Waals surface area (Å²) >= 11 is 5.99. The van der Waals surface area contributed by atoms with Gasteiger partial charge in [0.05, 0.1) is 16.9 Å². The maximum atomic E-state index is 12.4. The van der Waals surface area contributed by atoms with Crippen molar-refractivity contribution in [2.45, 2.75) is 33.7 Å². The Morgan fingerprint density at radius 1 is 1.30 bits per heavy atom. The molecule has 1 atom stereocenters. The maximum Gasteiger partial charge on any atom is 0.248 e. The second-order valence-corrected chi connectivity index (χ2v) is 5.81. The monoisotopic (exact) mass is 334 g/mol. The number of nitrogens with one attached hydrogen (secondary N) is 1. The van der Waals surface area contributed by atoms with Crippen LogP contribution in [-0.2, 0) is 4.79 Å². The third kappa shape index (κ3) is 3.85. The summed E-state index contributed by atoms with van der Waals surface area (Å²) in [5, 5.41) is 7.64. The van der Waals surface area contributed by atoms with Crippen LogP contribution in [0.15, 0.2) is 30.5 Å². The van der Waals surface area contributed by atoms with Gasteiger partial charge in [-0.2, -0.15) is 5.10 Å². The Balaban J connectivity index is 2.06. The molecule has 6 heteroatoms. The summed E-state index contributed by atoms with van der Waals surface area (Å²) in [7, 11) is 0. The van der Waals surface area contributed by atoms with Crippen LogP contribution in [0, 0.1) is 6.92 Å². The zero-order chi connectivity index (χ0) is 17.0. The average Bonchev–Trinajstić information content (AvgIpc) is 2.89. The second-order valence-electron chi connectivity index (χ2n) is 5.41. The molecular weight excluding hydrogens is 312 g/mol. The van der Waals surface area contributed by atoms with Crippen LogP contribution in [0.3, 0.4) is 0 Å².